The summed E-state index contributed by atoms with van der Waals surface area (Å²) in [5.74, 6) is -0.227. The summed E-state index contributed by atoms with van der Waals surface area (Å²) >= 11 is 0. The average Bonchev–Trinajstić information content (AvgIpc) is 2.60. The summed E-state index contributed by atoms with van der Waals surface area (Å²) < 4.78 is 28.3. The summed E-state index contributed by atoms with van der Waals surface area (Å²) in [6.45, 7) is -0.181. The van der Waals surface area contributed by atoms with Crippen molar-refractivity contribution < 1.29 is 22.7 Å². The molecule has 2 aromatic rings. The molecule has 0 saturated carbocycles. The van der Waals surface area contributed by atoms with Crippen molar-refractivity contribution in [3.63, 3.8) is 0 Å². The van der Waals surface area contributed by atoms with E-state index in [1.165, 1.54) is 43.3 Å². The Morgan fingerprint density at radius 3 is 2.46 bits per heavy atom. The van der Waals surface area contributed by atoms with Gasteiger partial charge in [-0.25, -0.2) is 8.42 Å². The molecule has 138 valence electrons. The number of likely N-dealkylation sites (N-methyl/N-ethyl adjacent to an activating group) is 1. The maximum Gasteiger partial charge on any atom is 0.254 e. The van der Waals surface area contributed by atoms with Gasteiger partial charge >= 0.3 is 0 Å². The number of carbonyl (C=O) groups excluding carboxylic acids is 2. The highest BCUT2D eigenvalue weighted by Crippen LogP contribution is 2.17. The fraction of sp³-hybridized carbons (Fsp3) is 0.222. The van der Waals surface area contributed by atoms with Crippen LogP contribution in [-0.2, 0) is 14.6 Å². The molecule has 0 aromatic heterocycles. The van der Waals surface area contributed by atoms with Gasteiger partial charge in [-0.2, -0.15) is 0 Å². The Bertz CT molecular complexity index is 925. The first-order valence-electron chi connectivity index (χ1n) is 7.70. The number of ether oxygens (including phenoxy) is 1. The van der Waals surface area contributed by atoms with Gasteiger partial charge in [-0.05, 0) is 30.3 Å². The molecule has 26 heavy (non-hydrogen) atoms. The molecule has 8 heteroatoms. The van der Waals surface area contributed by atoms with E-state index in [4.69, 9.17) is 4.74 Å². The van der Waals surface area contributed by atoms with E-state index in [9.17, 15) is 18.0 Å². The Balaban J connectivity index is 2.05. The van der Waals surface area contributed by atoms with E-state index >= 15 is 0 Å². The molecule has 1 N–H and O–H groups in total. The molecule has 2 rings (SSSR count). The van der Waals surface area contributed by atoms with Crippen molar-refractivity contribution in [1.82, 2.24) is 4.90 Å². The third-order valence-corrected chi connectivity index (χ3v) is 4.70. The van der Waals surface area contributed by atoms with Crippen LogP contribution in [0.1, 0.15) is 10.4 Å². The minimum Gasteiger partial charge on any atom is -0.497 e. The van der Waals surface area contributed by atoms with Crippen LogP contribution < -0.4 is 10.1 Å². The summed E-state index contributed by atoms with van der Waals surface area (Å²) in [6.07, 6.45) is 1.07. The number of anilines is 1. The van der Waals surface area contributed by atoms with Crippen molar-refractivity contribution in [2.45, 2.75) is 4.90 Å². The Hall–Kier alpha value is -2.87. The predicted octanol–water partition coefficient (Wildman–Crippen LogP) is 1.81. The molecule has 0 aliphatic heterocycles. The number of nitrogens with zero attached hydrogens (tertiary/aromatic N) is 1. The molecule has 2 aromatic carbocycles. The number of methoxy groups -OCH3 is 1. The van der Waals surface area contributed by atoms with Gasteiger partial charge in [-0.3, -0.25) is 9.59 Å². The molecular weight excluding hydrogens is 356 g/mol. The molecule has 2 amide bonds. The number of hydrogen-bond donors (Lipinski definition) is 1. The number of amides is 2. The van der Waals surface area contributed by atoms with Gasteiger partial charge in [-0.1, -0.05) is 12.1 Å². The standard InChI is InChI=1S/C18H20N2O5S/c1-20(12-17(21)19-14-7-5-8-15(11-14)25-2)18(22)13-6-4-9-16(10-13)26(3,23)24/h4-11H,12H2,1-3H3,(H,19,21). The molecule has 0 aliphatic carbocycles. The van der Waals surface area contributed by atoms with Gasteiger partial charge in [0, 0.05) is 30.6 Å². The molecule has 0 radical (unpaired) electrons. The predicted molar refractivity (Wildman–Crippen MR) is 98.1 cm³/mol. The quantitative estimate of drug-likeness (QED) is 0.830. The number of nitrogens with one attached hydrogen (secondary N) is 1. The van der Waals surface area contributed by atoms with Crippen molar-refractivity contribution in [3.8, 4) is 5.75 Å². The first-order chi connectivity index (χ1) is 12.2. The molecule has 7 nitrogen and oxygen atoms in total. The highest BCUT2D eigenvalue weighted by Gasteiger charge is 2.17. The zero-order valence-electron chi connectivity index (χ0n) is 14.7. The third kappa shape index (κ3) is 5.06. The monoisotopic (exact) mass is 376 g/mol. The molecule has 0 fully saturated rings. The lowest BCUT2D eigenvalue weighted by molar-refractivity contribution is -0.116. The summed E-state index contributed by atoms with van der Waals surface area (Å²) in [5.41, 5.74) is 0.749. The van der Waals surface area contributed by atoms with Gasteiger partial charge in [0.15, 0.2) is 9.84 Å². The first kappa shape index (κ1) is 19.5. The SMILES string of the molecule is COc1cccc(NC(=O)CN(C)C(=O)c2cccc(S(C)(=O)=O)c2)c1. The first-order valence-corrected chi connectivity index (χ1v) is 9.59. The van der Waals surface area contributed by atoms with Crippen molar-refractivity contribution in [3.05, 3.63) is 54.1 Å². The largest absolute Gasteiger partial charge is 0.497 e. The number of carbonyl (C=O) groups is 2. The van der Waals surface area contributed by atoms with E-state index in [2.05, 4.69) is 5.32 Å². The van der Waals surface area contributed by atoms with Crippen LogP contribution >= 0.6 is 0 Å². The topological polar surface area (TPSA) is 92.8 Å². The zero-order chi connectivity index (χ0) is 19.3. The Kier molecular flexibility index (Phi) is 5.99. The molecule has 0 heterocycles. The number of rotatable bonds is 6. The molecule has 0 saturated heterocycles. The Morgan fingerprint density at radius 1 is 1.12 bits per heavy atom. The van der Waals surface area contributed by atoms with E-state index < -0.39 is 15.7 Å². The molecule has 0 aliphatic rings. The third-order valence-electron chi connectivity index (χ3n) is 3.59. The van der Waals surface area contributed by atoms with Gasteiger partial charge in [0.2, 0.25) is 5.91 Å². The zero-order valence-corrected chi connectivity index (χ0v) is 15.5. The van der Waals surface area contributed by atoms with E-state index in [0.717, 1.165) is 6.26 Å². The second kappa shape index (κ2) is 8.01. The number of sulfone groups is 1. The van der Waals surface area contributed by atoms with Crippen molar-refractivity contribution in [1.29, 1.82) is 0 Å². The van der Waals surface area contributed by atoms with Gasteiger partial charge in [0.05, 0.1) is 18.6 Å². The van der Waals surface area contributed by atoms with Crippen molar-refractivity contribution in [2.75, 3.05) is 32.3 Å². The van der Waals surface area contributed by atoms with Crippen LogP contribution in [0.2, 0.25) is 0 Å². The van der Waals surface area contributed by atoms with E-state index in [1.54, 1.807) is 24.3 Å². The minimum absolute atomic E-state index is 0.0533. The van der Waals surface area contributed by atoms with E-state index in [0.29, 0.717) is 11.4 Å². The normalized spacial score (nSPS) is 10.9. The fourth-order valence-electron chi connectivity index (χ4n) is 2.27. The summed E-state index contributed by atoms with van der Waals surface area (Å²) in [4.78, 5) is 25.9. The smallest absolute Gasteiger partial charge is 0.254 e. The van der Waals surface area contributed by atoms with E-state index in [-0.39, 0.29) is 22.9 Å². The van der Waals surface area contributed by atoms with Crippen LogP contribution in [0, 0.1) is 0 Å². The van der Waals surface area contributed by atoms with Crippen LogP contribution in [0.5, 0.6) is 5.75 Å². The molecule has 0 spiro atoms. The van der Waals surface area contributed by atoms with Gasteiger partial charge < -0.3 is 15.0 Å². The van der Waals surface area contributed by atoms with Crippen molar-refractivity contribution >= 4 is 27.3 Å². The van der Waals surface area contributed by atoms with Crippen LogP contribution in [0.4, 0.5) is 5.69 Å². The summed E-state index contributed by atoms with van der Waals surface area (Å²) in [5, 5.41) is 2.68. The van der Waals surface area contributed by atoms with Crippen molar-refractivity contribution in [2.24, 2.45) is 0 Å². The minimum atomic E-state index is -3.42. The summed E-state index contributed by atoms with van der Waals surface area (Å²) in [7, 11) is -0.418. The molecule has 0 unspecified atom stereocenters. The highest BCUT2D eigenvalue weighted by molar-refractivity contribution is 7.90. The second-order valence-corrected chi connectivity index (χ2v) is 7.76. The van der Waals surface area contributed by atoms with Gasteiger partial charge in [0.1, 0.15) is 5.75 Å². The van der Waals surface area contributed by atoms with Crippen LogP contribution in [0.15, 0.2) is 53.4 Å². The van der Waals surface area contributed by atoms with Gasteiger partial charge in [-0.15, -0.1) is 0 Å². The average molecular weight is 376 g/mol. The summed E-state index contributed by atoms with van der Waals surface area (Å²) in [6, 6.07) is 12.6. The molecule has 0 atom stereocenters. The lowest BCUT2D eigenvalue weighted by Crippen LogP contribution is -2.35. The maximum atomic E-state index is 12.4. The fourth-order valence-corrected chi connectivity index (χ4v) is 2.94. The number of benzene rings is 2. The number of hydrogen-bond acceptors (Lipinski definition) is 5. The van der Waals surface area contributed by atoms with Gasteiger partial charge in [0.25, 0.3) is 5.91 Å². The van der Waals surface area contributed by atoms with Crippen LogP contribution in [0.3, 0.4) is 0 Å². The molecule has 0 bridgehead atoms. The second-order valence-electron chi connectivity index (χ2n) is 5.74. The highest BCUT2D eigenvalue weighted by atomic mass is 32.2. The molecular formula is C18H20N2O5S. The van der Waals surface area contributed by atoms with E-state index in [1.807, 2.05) is 0 Å². The Morgan fingerprint density at radius 2 is 1.81 bits per heavy atom. The maximum absolute atomic E-state index is 12.4. The Labute approximate surface area is 152 Å². The van der Waals surface area contributed by atoms with Crippen LogP contribution in [0.25, 0.3) is 0 Å². The lowest BCUT2D eigenvalue weighted by atomic mass is 10.2. The lowest BCUT2D eigenvalue weighted by Gasteiger charge is -2.17. The van der Waals surface area contributed by atoms with Crippen LogP contribution in [-0.4, -0.2) is 52.1 Å².